The SMILES string of the molecule is CNC[C@H]1CCCN(C(=O)c2sc(C)c(Br)c2OC)C1. The fourth-order valence-electron chi connectivity index (χ4n) is 2.68. The van der Waals surface area contributed by atoms with Crippen molar-refractivity contribution in [2.24, 2.45) is 5.92 Å². The monoisotopic (exact) mass is 360 g/mol. The summed E-state index contributed by atoms with van der Waals surface area (Å²) in [6.07, 6.45) is 2.26. The fraction of sp³-hybridized carbons (Fsp3) is 0.643. The Morgan fingerprint density at radius 2 is 2.35 bits per heavy atom. The van der Waals surface area contributed by atoms with Gasteiger partial charge in [0.25, 0.3) is 5.91 Å². The molecule has 1 aliphatic heterocycles. The fourth-order valence-corrected chi connectivity index (χ4v) is 4.39. The zero-order valence-corrected chi connectivity index (χ0v) is 14.6. The highest BCUT2D eigenvalue weighted by molar-refractivity contribution is 9.10. The van der Waals surface area contributed by atoms with Gasteiger partial charge in [-0.15, -0.1) is 11.3 Å². The number of likely N-dealkylation sites (tertiary alicyclic amines) is 1. The molecule has 0 spiro atoms. The number of thiophene rings is 1. The van der Waals surface area contributed by atoms with E-state index in [2.05, 4.69) is 21.2 Å². The molecular weight excluding hydrogens is 340 g/mol. The first-order valence-corrected chi connectivity index (χ1v) is 8.46. The summed E-state index contributed by atoms with van der Waals surface area (Å²) in [7, 11) is 3.58. The molecule has 1 saturated heterocycles. The van der Waals surface area contributed by atoms with Crippen molar-refractivity contribution in [1.29, 1.82) is 0 Å². The number of aryl methyl sites for hydroxylation is 1. The quantitative estimate of drug-likeness (QED) is 0.897. The van der Waals surface area contributed by atoms with Crippen molar-refractivity contribution in [3.05, 3.63) is 14.2 Å². The van der Waals surface area contributed by atoms with E-state index in [0.29, 0.717) is 16.5 Å². The number of hydrogen-bond donors (Lipinski definition) is 1. The van der Waals surface area contributed by atoms with Crippen LogP contribution < -0.4 is 10.1 Å². The maximum atomic E-state index is 12.7. The lowest BCUT2D eigenvalue weighted by molar-refractivity contribution is 0.0676. The van der Waals surface area contributed by atoms with Gasteiger partial charge in [0.2, 0.25) is 0 Å². The Balaban J connectivity index is 2.16. The summed E-state index contributed by atoms with van der Waals surface area (Å²) >= 11 is 5.00. The second-order valence-corrected chi connectivity index (χ2v) is 7.17. The molecule has 1 atom stereocenters. The number of nitrogens with one attached hydrogen (secondary N) is 1. The molecule has 0 unspecified atom stereocenters. The highest BCUT2D eigenvalue weighted by atomic mass is 79.9. The molecule has 1 aromatic rings. The van der Waals surface area contributed by atoms with E-state index >= 15 is 0 Å². The van der Waals surface area contributed by atoms with Crippen LogP contribution in [-0.2, 0) is 0 Å². The van der Waals surface area contributed by atoms with E-state index in [0.717, 1.165) is 35.4 Å². The summed E-state index contributed by atoms with van der Waals surface area (Å²) < 4.78 is 6.29. The minimum absolute atomic E-state index is 0.0986. The number of nitrogens with zero attached hydrogens (tertiary/aromatic N) is 1. The Bertz CT molecular complexity index is 488. The predicted molar refractivity (Wildman–Crippen MR) is 85.9 cm³/mol. The van der Waals surface area contributed by atoms with E-state index in [4.69, 9.17) is 4.74 Å². The molecule has 0 aliphatic carbocycles. The highest BCUT2D eigenvalue weighted by Crippen LogP contribution is 2.40. The number of piperidine rings is 1. The molecule has 0 saturated carbocycles. The van der Waals surface area contributed by atoms with Gasteiger partial charge in [0.1, 0.15) is 4.88 Å². The van der Waals surface area contributed by atoms with E-state index in [-0.39, 0.29) is 5.91 Å². The van der Waals surface area contributed by atoms with Crippen LogP contribution in [0.1, 0.15) is 27.4 Å². The summed E-state index contributed by atoms with van der Waals surface area (Å²) in [5, 5.41) is 3.20. The number of carbonyl (C=O) groups excluding carboxylic acids is 1. The van der Waals surface area contributed by atoms with Gasteiger partial charge in [-0.05, 0) is 55.2 Å². The molecule has 4 nitrogen and oxygen atoms in total. The van der Waals surface area contributed by atoms with Gasteiger partial charge < -0.3 is 15.0 Å². The minimum atomic E-state index is 0.0986. The van der Waals surface area contributed by atoms with E-state index in [9.17, 15) is 4.79 Å². The maximum absolute atomic E-state index is 12.7. The zero-order chi connectivity index (χ0) is 14.7. The van der Waals surface area contributed by atoms with Gasteiger partial charge in [0.05, 0.1) is 11.6 Å². The van der Waals surface area contributed by atoms with Crippen molar-refractivity contribution >= 4 is 33.2 Å². The number of carbonyl (C=O) groups is 1. The van der Waals surface area contributed by atoms with Crippen molar-refractivity contribution < 1.29 is 9.53 Å². The van der Waals surface area contributed by atoms with Crippen LogP contribution >= 0.6 is 27.3 Å². The summed E-state index contributed by atoms with van der Waals surface area (Å²) in [5.41, 5.74) is 0. The number of halogens is 1. The molecular formula is C14H21BrN2O2S. The van der Waals surface area contributed by atoms with Crippen LogP contribution in [0.3, 0.4) is 0 Å². The standard InChI is InChI=1S/C14H21BrN2O2S/c1-9-11(15)12(19-3)13(20-9)14(18)17-6-4-5-10(8-17)7-16-2/h10,16H,4-8H2,1-3H3/t10-/m1/s1. The molecule has 1 N–H and O–H groups in total. The van der Waals surface area contributed by atoms with Gasteiger partial charge in [-0.3, -0.25) is 4.79 Å². The Morgan fingerprint density at radius 1 is 1.60 bits per heavy atom. The van der Waals surface area contributed by atoms with E-state index in [1.807, 2.05) is 18.9 Å². The number of methoxy groups -OCH3 is 1. The van der Waals surface area contributed by atoms with E-state index < -0.39 is 0 Å². The highest BCUT2D eigenvalue weighted by Gasteiger charge is 2.28. The van der Waals surface area contributed by atoms with Gasteiger partial charge in [0, 0.05) is 18.0 Å². The number of hydrogen-bond acceptors (Lipinski definition) is 4. The average molecular weight is 361 g/mol. The Morgan fingerprint density at radius 3 is 3.00 bits per heavy atom. The van der Waals surface area contributed by atoms with Crippen LogP contribution in [0, 0.1) is 12.8 Å². The Hall–Kier alpha value is -0.590. The van der Waals surface area contributed by atoms with Gasteiger partial charge in [-0.1, -0.05) is 0 Å². The maximum Gasteiger partial charge on any atom is 0.267 e. The van der Waals surface area contributed by atoms with E-state index in [1.54, 1.807) is 7.11 Å². The molecule has 20 heavy (non-hydrogen) atoms. The number of rotatable bonds is 4. The van der Waals surface area contributed by atoms with Crippen LogP contribution in [0.5, 0.6) is 5.75 Å². The molecule has 0 bridgehead atoms. The predicted octanol–water partition coefficient (Wildman–Crippen LogP) is 2.90. The third kappa shape index (κ3) is 3.18. The van der Waals surface area contributed by atoms with Crippen molar-refractivity contribution in [2.75, 3.05) is 33.8 Å². The van der Waals surface area contributed by atoms with E-state index in [1.165, 1.54) is 17.8 Å². The first kappa shape index (κ1) is 15.8. The van der Waals surface area contributed by atoms with Gasteiger partial charge in [0.15, 0.2) is 5.75 Å². The van der Waals surface area contributed by atoms with Gasteiger partial charge in [-0.2, -0.15) is 0 Å². The molecule has 6 heteroatoms. The van der Waals surface area contributed by atoms with Crippen LogP contribution in [0.15, 0.2) is 4.47 Å². The van der Waals surface area contributed by atoms with Crippen LogP contribution in [0.4, 0.5) is 0 Å². The molecule has 1 amide bonds. The van der Waals surface area contributed by atoms with Crippen molar-refractivity contribution in [2.45, 2.75) is 19.8 Å². The Labute approximate surface area is 132 Å². The lowest BCUT2D eigenvalue weighted by atomic mass is 9.98. The topological polar surface area (TPSA) is 41.6 Å². The smallest absolute Gasteiger partial charge is 0.267 e. The summed E-state index contributed by atoms with van der Waals surface area (Å²) in [6.45, 7) is 4.64. The molecule has 2 heterocycles. The van der Waals surface area contributed by atoms with Crippen LogP contribution in [0.2, 0.25) is 0 Å². The minimum Gasteiger partial charge on any atom is -0.494 e. The third-order valence-electron chi connectivity index (χ3n) is 3.67. The lowest BCUT2D eigenvalue weighted by Crippen LogP contribution is -2.42. The second-order valence-electron chi connectivity index (χ2n) is 5.15. The third-order valence-corrected chi connectivity index (χ3v) is 5.96. The van der Waals surface area contributed by atoms with Gasteiger partial charge >= 0.3 is 0 Å². The molecule has 1 aromatic heterocycles. The normalized spacial score (nSPS) is 19.2. The Kier molecular flexibility index (Phi) is 5.46. The van der Waals surface area contributed by atoms with Crippen LogP contribution in [-0.4, -0.2) is 44.6 Å². The second kappa shape index (κ2) is 6.91. The van der Waals surface area contributed by atoms with Gasteiger partial charge in [-0.25, -0.2) is 0 Å². The lowest BCUT2D eigenvalue weighted by Gasteiger charge is -2.32. The molecule has 1 aliphatic rings. The summed E-state index contributed by atoms with van der Waals surface area (Å²) in [4.78, 5) is 16.5. The molecule has 2 rings (SSSR count). The number of ether oxygens (including phenoxy) is 1. The first-order valence-electron chi connectivity index (χ1n) is 6.85. The van der Waals surface area contributed by atoms with Crippen LogP contribution in [0.25, 0.3) is 0 Å². The zero-order valence-electron chi connectivity index (χ0n) is 12.2. The van der Waals surface area contributed by atoms with Crippen molar-refractivity contribution in [1.82, 2.24) is 10.2 Å². The summed E-state index contributed by atoms with van der Waals surface area (Å²) in [6, 6.07) is 0. The number of amides is 1. The largest absolute Gasteiger partial charge is 0.494 e. The molecule has 112 valence electrons. The molecule has 0 radical (unpaired) electrons. The summed E-state index contributed by atoms with van der Waals surface area (Å²) in [5.74, 6) is 1.32. The molecule has 0 aromatic carbocycles. The molecule has 1 fully saturated rings. The van der Waals surface area contributed by atoms with Crippen molar-refractivity contribution in [3.8, 4) is 5.75 Å². The first-order chi connectivity index (χ1) is 9.58. The average Bonchev–Trinajstić information content (AvgIpc) is 2.74. The van der Waals surface area contributed by atoms with Crippen molar-refractivity contribution in [3.63, 3.8) is 0 Å².